The molecule has 0 unspecified atom stereocenters. The van der Waals surface area contributed by atoms with E-state index in [0.29, 0.717) is 11.1 Å². The first-order valence-corrected chi connectivity index (χ1v) is 5.31. The van der Waals surface area contributed by atoms with Crippen molar-refractivity contribution in [1.82, 2.24) is 0 Å². The fourth-order valence-corrected chi connectivity index (χ4v) is 1.54. The number of alkyl halides is 2. The second-order valence-electron chi connectivity index (χ2n) is 3.98. The van der Waals surface area contributed by atoms with E-state index in [0.717, 1.165) is 12.5 Å². The molecule has 0 aromatic carbocycles. The van der Waals surface area contributed by atoms with E-state index in [1.165, 1.54) is 18.6 Å². The van der Waals surface area contributed by atoms with E-state index < -0.39 is 5.92 Å². The molecule has 0 aliphatic heterocycles. The fraction of sp³-hybridized carbons (Fsp3) is 0.286. The molecule has 0 spiro atoms. The van der Waals surface area contributed by atoms with Gasteiger partial charge in [0.05, 0.1) is 12.5 Å². The zero-order valence-electron chi connectivity index (χ0n) is 10.3. The standard InChI is InChI=1S/C14H16F2O/c1-5-11(12-6-7-17-9-12)8-13(10(2)3)14(4,15)16/h5-9H,2H2,1,3-4H3/b11-5?,13-8+. The summed E-state index contributed by atoms with van der Waals surface area (Å²) >= 11 is 0. The van der Waals surface area contributed by atoms with Gasteiger partial charge in [0.2, 0.25) is 0 Å². The fourth-order valence-electron chi connectivity index (χ4n) is 1.54. The van der Waals surface area contributed by atoms with Crippen molar-refractivity contribution in [2.75, 3.05) is 0 Å². The number of halogens is 2. The predicted octanol–water partition coefficient (Wildman–Crippen LogP) is 4.84. The van der Waals surface area contributed by atoms with Crippen LogP contribution in [0.15, 0.2) is 52.9 Å². The summed E-state index contributed by atoms with van der Waals surface area (Å²) in [7, 11) is 0. The van der Waals surface area contributed by atoms with Crippen LogP contribution < -0.4 is 0 Å². The van der Waals surface area contributed by atoms with Gasteiger partial charge in [0, 0.05) is 18.1 Å². The van der Waals surface area contributed by atoms with Crippen molar-refractivity contribution in [2.45, 2.75) is 26.7 Å². The van der Waals surface area contributed by atoms with Crippen LogP contribution in [-0.4, -0.2) is 5.92 Å². The van der Waals surface area contributed by atoms with Gasteiger partial charge in [-0.1, -0.05) is 12.7 Å². The molecule has 1 heterocycles. The molecular formula is C14H16F2O. The van der Waals surface area contributed by atoms with Gasteiger partial charge < -0.3 is 4.42 Å². The minimum atomic E-state index is -2.90. The summed E-state index contributed by atoms with van der Waals surface area (Å²) in [5, 5.41) is 0. The summed E-state index contributed by atoms with van der Waals surface area (Å²) in [6.07, 6.45) is 6.25. The molecular weight excluding hydrogens is 222 g/mol. The lowest BCUT2D eigenvalue weighted by Crippen LogP contribution is -2.14. The molecule has 0 aliphatic carbocycles. The molecule has 0 saturated carbocycles. The summed E-state index contributed by atoms with van der Waals surface area (Å²) in [5.41, 5.74) is 1.76. The van der Waals surface area contributed by atoms with Crippen molar-refractivity contribution in [3.63, 3.8) is 0 Å². The zero-order valence-corrected chi connectivity index (χ0v) is 10.3. The molecule has 0 bridgehead atoms. The summed E-state index contributed by atoms with van der Waals surface area (Å²) < 4.78 is 31.7. The van der Waals surface area contributed by atoms with Crippen molar-refractivity contribution in [2.24, 2.45) is 0 Å². The van der Waals surface area contributed by atoms with E-state index in [2.05, 4.69) is 6.58 Å². The Hall–Kier alpha value is -1.64. The third-order valence-electron chi connectivity index (χ3n) is 2.40. The molecule has 1 rings (SSSR count). The largest absolute Gasteiger partial charge is 0.472 e. The monoisotopic (exact) mass is 238 g/mol. The van der Waals surface area contributed by atoms with Gasteiger partial charge in [0.25, 0.3) is 5.92 Å². The highest BCUT2D eigenvalue weighted by Gasteiger charge is 2.28. The maximum Gasteiger partial charge on any atom is 0.270 e. The third kappa shape index (κ3) is 3.41. The van der Waals surface area contributed by atoms with Gasteiger partial charge in [-0.25, -0.2) is 8.78 Å². The lowest BCUT2D eigenvalue weighted by molar-refractivity contribution is 0.0661. The normalized spacial score (nSPS) is 13.9. The van der Waals surface area contributed by atoms with Crippen LogP contribution in [0.2, 0.25) is 0 Å². The van der Waals surface area contributed by atoms with Gasteiger partial charge in [0.1, 0.15) is 0 Å². The summed E-state index contributed by atoms with van der Waals surface area (Å²) in [4.78, 5) is 0. The van der Waals surface area contributed by atoms with Crippen LogP contribution in [0.25, 0.3) is 5.57 Å². The van der Waals surface area contributed by atoms with Crippen molar-refractivity contribution < 1.29 is 13.2 Å². The van der Waals surface area contributed by atoms with Gasteiger partial charge in [-0.2, -0.15) is 0 Å². The highest BCUT2D eigenvalue weighted by molar-refractivity contribution is 5.75. The number of allylic oxidation sites excluding steroid dienone is 5. The minimum absolute atomic E-state index is 0.0631. The van der Waals surface area contributed by atoms with Crippen molar-refractivity contribution in [1.29, 1.82) is 0 Å². The number of furan rings is 1. The van der Waals surface area contributed by atoms with Crippen molar-refractivity contribution >= 4 is 5.57 Å². The van der Waals surface area contributed by atoms with Gasteiger partial charge in [-0.05, 0) is 37.1 Å². The van der Waals surface area contributed by atoms with Crippen molar-refractivity contribution in [3.8, 4) is 0 Å². The lowest BCUT2D eigenvalue weighted by Gasteiger charge is -2.16. The molecule has 0 N–H and O–H groups in total. The molecule has 0 fully saturated rings. The quantitative estimate of drug-likeness (QED) is 0.684. The van der Waals surface area contributed by atoms with Crippen LogP contribution >= 0.6 is 0 Å². The molecule has 0 aliphatic rings. The van der Waals surface area contributed by atoms with Gasteiger partial charge in [-0.15, -0.1) is 0 Å². The topological polar surface area (TPSA) is 13.1 Å². The summed E-state index contributed by atoms with van der Waals surface area (Å²) in [6, 6.07) is 1.73. The van der Waals surface area contributed by atoms with Gasteiger partial charge in [0.15, 0.2) is 0 Å². The van der Waals surface area contributed by atoms with Crippen molar-refractivity contribution in [3.05, 3.63) is 54.0 Å². The Balaban J connectivity index is 3.19. The second-order valence-corrected chi connectivity index (χ2v) is 3.98. The van der Waals surface area contributed by atoms with Crippen LogP contribution in [0.4, 0.5) is 8.78 Å². The van der Waals surface area contributed by atoms with Crippen LogP contribution in [0.5, 0.6) is 0 Å². The van der Waals surface area contributed by atoms with Gasteiger partial charge in [-0.3, -0.25) is 0 Å². The number of hydrogen-bond donors (Lipinski definition) is 0. The minimum Gasteiger partial charge on any atom is -0.472 e. The Kier molecular flexibility index (Phi) is 4.05. The Labute approximate surface area is 100 Å². The maximum atomic E-state index is 13.4. The van der Waals surface area contributed by atoms with E-state index in [1.807, 2.05) is 0 Å². The zero-order chi connectivity index (χ0) is 13.1. The van der Waals surface area contributed by atoms with E-state index in [-0.39, 0.29) is 5.57 Å². The Morgan fingerprint density at radius 2 is 2.12 bits per heavy atom. The van der Waals surface area contributed by atoms with Gasteiger partial charge >= 0.3 is 0 Å². The molecule has 17 heavy (non-hydrogen) atoms. The van der Waals surface area contributed by atoms with Crippen LogP contribution in [0, 0.1) is 0 Å². The number of rotatable bonds is 4. The van der Waals surface area contributed by atoms with Crippen LogP contribution in [-0.2, 0) is 0 Å². The first kappa shape index (κ1) is 13.4. The first-order chi connectivity index (χ1) is 7.86. The molecule has 0 atom stereocenters. The van der Waals surface area contributed by atoms with Crippen LogP contribution in [0.3, 0.4) is 0 Å². The smallest absolute Gasteiger partial charge is 0.270 e. The summed E-state index contributed by atoms with van der Waals surface area (Å²) in [5.74, 6) is -2.90. The van der Waals surface area contributed by atoms with E-state index >= 15 is 0 Å². The highest BCUT2D eigenvalue weighted by Crippen LogP contribution is 2.31. The lowest BCUT2D eigenvalue weighted by atomic mass is 9.98. The second kappa shape index (κ2) is 5.13. The highest BCUT2D eigenvalue weighted by atomic mass is 19.3. The maximum absolute atomic E-state index is 13.4. The van der Waals surface area contributed by atoms with E-state index in [9.17, 15) is 8.78 Å². The number of hydrogen-bond acceptors (Lipinski definition) is 1. The molecule has 0 saturated heterocycles. The third-order valence-corrected chi connectivity index (χ3v) is 2.40. The molecule has 92 valence electrons. The molecule has 1 aromatic heterocycles. The SMILES string of the molecule is C=C(C)/C(=C\C(=CC)c1ccoc1)C(C)(F)F. The Morgan fingerprint density at radius 3 is 2.47 bits per heavy atom. The molecule has 1 aromatic rings. The molecule has 0 radical (unpaired) electrons. The predicted molar refractivity (Wildman–Crippen MR) is 65.9 cm³/mol. The average Bonchev–Trinajstić information content (AvgIpc) is 2.69. The Bertz CT molecular complexity index is 445. The summed E-state index contributed by atoms with van der Waals surface area (Å²) in [6.45, 7) is 7.83. The van der Waals surface area contributed by atoms with E-state index in [4.69, 9.17) is 4.42 Å². The molecule has 3 heteroatoms. The van der Waals surface area contributed by atoms with Crippen LogP contribution in [0.1, 0.15) is 26.3 Å². The molecule has 1 nitrogen and oxygen atoms in total. The average molecular weight is 238 g/mol. The Morgan fingerprint density at radius 1 is 1.47 bits per heavy atom. The van der Waals surface area contributed by atoms with E-state index in [1.54, 1.807) is 26.0 Å². The molecule has 0 amide bonds. The first-order valence-electron chi connectivity index (χ1n) is 5.31.